The smallest absolute Gasteiger partial charge is 0.331 e. The summed E-state index contributed by atoms with van der Waals surface area (Å²) in [7, 11) is 0. The lowest BCUT2D eigenvalue weighted by Gasteiger charge is -2.12. The van der Waals surface area contributed by atoms with Crippen LogP contribution in [0.4, 0.5) is 0 Å². The lowest BCUT2D eigenvalue weighted by molar-refractivity contribution is -0.137. The van der Waals surface area contributed by atoms with Gasteiger partial charge in [0.05, 0.1) is 13.2 Å². The molecule has 1 aromatic heterocycles. The van der Waals surface area contributed by atoms with Crippen molar-refractivity contribution >= 4 is 11.5 Å². The van der Waals surface area contributed by atoms with Crippen molar-refractivity contribution < 1.29 is 14.3 Å². The number of carbonyl (C=O) groups excluding carboxylic acids is 1. The topological polar surface area (TPSA) is 48.4 Å². The van der Waals surface area contributed by atoms with Gasteiger partial charge >= 0.3 is 5.97 Å². The predicted octanol–water partition coefficient (Wildman–Crippen LogP) is 4.01. The SMILES string of the molecule is CCCCCC(=CC(=O)OCC)c1cccnc1OCC. The molecule has 0 saturated heterocycles. The van der Waals surface area contributed by atoms with E-state index >= 15 is 0 Å². The van der Waals surface area contributed by atoms with Gasteiger partial charge in [0.15, 0.2) is 0 Å². The number of rotatable bonds is 9. The Morgan fingerprint density at radius 2 is 2.05 bits per heavy atom. The summed E-state index contributed by atoms with van der Waals surface area (Å²) in [6.07, 6.45) is 7.38. The third-order valence-electron chi connectivity index (χ3n) is 3.03. The highest BCUT2D eigenvalue weighted by Crippen LogP contribution is 2.28. The molecule has 1 rings (SSSR count). The maximum Gasteiger partial charge on any atom is 0.331 e. The lowest BCUT2D eigenvalue weighted by atomic mass is 10.00. The maximum absolute atomic E-state index is 11.8. The highest BCUT2D eigenvalue weighted by Gasteiger charge is 2.12. The highest BCUT2D eigenvalue weighted by atomic mass is 16.5. The molecule has 1 heterocycles. The Morgan fingerprint density at radius 3 is 2.71 bits per heavy atom. The fourth-order valence-corrected chi connectivity index (χ4v) is 2.06. The van der Waals surface area contributed by atoms with E-state index in [0.29, 0.717) is 19.1 Å². The van der Waals surface area contributed by atoms with Gasteiger partial charge in [0.2, 0.25) is 5.88 Å². The van der Waals surface area contributed by atoms with E-state index in [9.17, 15) is 4.79 Å². The van der Waals surface area contributed by atoms with Crippen molar-refractivity contribution in [1.82, 2.24) is 4.98 Å². The van der Waals surface area contributed by atoms with Crippen molar-refractivity contribution in [2.45, 2.75) is 46.5 Å². The predicted molar refractivity (Wildman–Crippen MR) is 84.2 cm³/mol. The Balaban J connectivity index is 3.02. The molecule has 116 valence electrons. The van der Waals surface area contributed by atoms with Crippen LogP contribution in [0.15, 0.2) is 24.4 Å². The van der Waals surface area contributed by atoms with Gasteiger partial charge in [-0.05, 0) is 44.4 Å². The van der Waals surface area contributed by atoms with Crippen LogP contribution in [0, 0.1) is 0 Å². The molecular formula is C17H25NO3. The van der Waals surface area contributed by atoms with E-state index in [0.717, 1.165) is 36.8 Å². The fraction of sp³-hybridized carbons (Fsp3) is 0.529. The Bertz CT molecular complexity index is 469. The van der Waals surface area contributed by atoms with Crippen LogP contribution in [-0.4, -0.2) is 24.2 Å². The Hall–Kier alpha value is -1.84. The van der Waals surface area contributed by atoms with Gasteiger partial charge < -0.3 is 9.47 Å². The summed E-state index contributed by atoms with van der Waals surface area (Å²) in [6.45, 7) is 6.81. The molecule has 0 aliphatic carbocycles. The zero-order valence-corrected chi connectivity index (χ0v) is 13.2. The summed E-state index contributed by atoms with van der Waals surface area (Å²) >= 11 is 0. The summed E-state index contributed by atoms with van der Waals surface area (Å²) in [4.78, 5) is 16.0. The first-order valence-corrected chi connectivity index (χ1v) is 7.68. The molecule has 0 amide bonds. The molecule has 0 spiro atoms. The van der Waals surface area contributed by atoms with E-state index in [1.807, 2.05) is 19.1 Å². The van der Waals surface area contributed by atoms with E-state index in [-0.39, 0.29) is 5.97 Å². The number of allylic oxidation sites excluding steroid dienone is 1. The second-order valence-corrected chi connectivity index (χ2v) is 4.67. The van der Waals surface area contributed by atoms with Crippen molar-refractivity contribution in [3.63, 3.8) is 0 Å². The lowest BCUT2D eigenvalue weighted by Crippen LogP contribution is -2.03. The Kier molecular flexibility index (Phi) is 8.17. The van der Waals surface area contributed by atoms with E-state index in [1.165, 1.54) is 0 Å². The maximum atomic E-state index is 11.8. The van der Waals surface area contributed by atoms with Crippen LogP contribution in [0.2, 0.25) is 0 Å². The molecule has 0 bridgehead atoms. The third-order valence-corrected chi connectivity index (χ3v) is 3.03. The number of pyridine rings is 1. The minimum atomic E-state index is -0.310. The number of esters is 1. The van der Waals surface area contributed by atoms with Crippen molar-refractivity contribution in [3.05, 3.63) is 30.0 Å². The molecular weight excluding hydrogens is 266 g/mol. The molecule has 0 saturated carbocycles. The zero-order chi connectivity index (χ0) is 15.5. The summed E-state index contributed by atoms with van der Waals surface area (Å²) < 4.78 is 10.6. The van der Waals surface area contributed by atoms with Crippen LogP contribution in [0.1, 0.15) is 52.0 Å². The van der Waals surface area contributed by atoms with Crippen molar-refractivity contribution in [2.24, 2.45) is 0 Å². The molecule has 0 N–H and O–H groups in total. The molecule has 21 heavy (non-hydrogen) atoms. The number of unbranched alkanes of at least 4 members (excludes halogenated alkanes) is 2. The van der Waals surface area contributed by atoms with Gasteiger partial charge in [-0.25, -0.2) is 9.78 Å². The van der Waals surface area contributed by atoms with E-state index in [2.05, 4.69) is 11.9 Å². The molecule has 0 radical (unpaired) electrons. The number of carbonyl (C=O) groups is 1. The molecule has 0 atom stereocenters. The first-order valence-electron chi connectivity index (χ1n) is 7.68. The average Bonchev–Trinajstić information content (AvgIpc) is 2.48. The summed E-state index contributed by atoms with van der Waals surface area (Å²) in [5.74, 6) is 0.266. The van der Waals surface area contributed by atoms with Crippen LogP contribution < -0.4 is 4.74 Å². The second kappa shape index (κ2) is 9.97. The molecule has 4 nitrogen and oxygen atoms in total. The van der Waals surface area contributed by atoms with Gasteiger partial charge in [-0.3, -0.25) is 0 Å². The molecule has 0 aromatic carbocycles. The molecule has 0 aliphatic heterocycles. The normalized spacial score (nSPS) is 11.3. The van der Waals surface area contributed by atoms with Gasteiger partial charge in [-0.2, -0.15) is 0 Å². The van der Waals surface area contributed by atoms with Gasteiger partial charge in [0.25, 0.3) is 0 Å². The summed E-state index contributed by atoms with van der Waals surface area (Å²) in [5, 5.41) is 0. The van der Waals surface area contributed by atoms with Gasteiger partial charge in [0, 0.05) is 17.8 Å². The first kappa shape index (κ1) is 17.2. The van der Waals surface area contributed by atoms with Crippen LogP contribution >= 0.6 is 0 Å². The van der Waals surface area contributed by atoms with Crippen LogP contribution in [0.5, 0.6) is 5.88 Å². The Labute approximate surface area is 127 Å². The highest BCUT2D eigenvalue weighted by molar-refractivity contribution is 5.92. The summed E-state index contributed by atoms with van der Waals surface area (Å²) in [6, 6.07) is 3.80. The standard InChI is InChI=1S/C17H25NO3/c1-4-7-8-10-14(13-16(19)20-5-2)15-11-9-12-18-17(15)21-6-3/h9,11-13H,4-8,10H2,1-3H3. The third kappa shape index (κ3) is 5.98. The van der Waals surface area contributed by atoms with E-state index in [4.69, 9.17) is 9.47 Å². The quantitative estimate of drug-likeness (QED) is 0.392. The molecule has 4 heteroatoms. The van der Waals surface area contributed by atoms with Gasteiger partial charge in [-0.15, -0.1) is 0 Å². The first-order chi connectivity index (χ1) is 10.2. The fourth-order valence-electron chi connectivity index (χ4n) is 2.06. The number of ether oxygens (including phenoxy) is 2. The second-order valence-electron chi connectivity index (χ2n) is 4.67. The average molecular weight is 291 g/mol. The van der Waals surface area contributed by atoms with Crippen molar-refractivity contribution in [1.29, 1.82) is 0 Å². The van der Waals surface area contributed by atoms with Crippen molar-refractivity contribution in [2.75, 3.05) is 13.2 Å². The van der Waals surface area contributed by atoms with Crippen LogP contribution in [0.25, 0.3) is 5.57 Å². The zero-order valence-electron chi connectivity index (χ0n) is 13.2. The largest absolute Gasteiger partial charge is 0.478 e. The monoisotopic (exact) mass is 291 g/mol. The number of nitrogens with zero attached hydrogens (tertiary/aromatic N) is 1. The van der Waals surface area contributed by atoms with E-state index in [1.54, 1.807) is 19.2 Å². The van der Waals surface area contributed by atoms with Crippen LogP contribution in [-0.2, 0) is 9.53 Å². The van der Waals surface area contributed by atoms with Gasteiger partial charge in [-0.1, -0.05) is 19.8 Å². The number of aromatic nitrogens is 1. The molecule has 0 fully saturated rings. The molecule has 0 aliphatic rings. The van der Waals surface area contributed by atoms with Gasteiger partial charge in [0.1, 0.15) is 0 Å². The minimum Gasteiger partial charge on any atom is -0.478 e. The number of hydrogen-bond acceptors (Lipinski definition) is 4. The molecule has 1 aromatic rings. The summed E-state index contributed by atoms with van der Waals surface area (Å²) in [5.41, 5.74) is 1.81. The molecule has 0 unspecified atom stereocenters. The van der Waals surface area contributed by atoms with Crippen LogP contribution in [0.3, 0.4) is 0 Å². The minimum absolute atomic E-state index is 0.310. The van der Waals surface area contributed by atoms with Crippen molar-refractivity contribution in [3.8, 4) is 5.88 Å². The number of hydrogen-bond donors (Lipinski definition) is 0. The van der Waals surface area contributed by atoms with E-state index < -0.39 is 0 Å². The Morgan fingerprint density at radius 1 is 1.24 bits per heavy atom.